The number of ketones is 6. The van der Waals surface area contributed by atoms with E-state index in [9.17, 15) is 28.8 Å². The molecule has 0 aromatic rings. The smallest absolute Gasteiger partial charge is 0.155 e. The number of carbonyl (C=O) groups excluding carboxylic acids is 6. The highest BCUT2D eigenvalue weighted by atomic mass is 16.2. The standard InChI is InChI=1S/C22H41NO.C20H39NO.C19H35NO.C19H37NO.C18H37NO.C17H35NO/c1-21(2,3)20(24)19(23-22(4,5)6)14-12-16-11-13-17-9-7-8-10-18(17)15-16;1-18(2,3)17(22)16(21-19(4,5)6)14-20(7,8)15-12-10-9-11-13-15;1-17(2,3)16(21)15(20-18(4,5)6)9-12-19-10-7-14(13-19)8-11-19;1-17(2,3)16(21)15(20-18(4,5)6)11-14-19(7)12-9-8-10-13-19;1-10-18(9,11-2)13-12-14(19-17(6,7)8)15(20)16(3,4)5;1-10-17(8,9)12-11-13(18-16(5,6)7)14(19)15(2,3)4/h16-19,23H,7-15H2,1-6H3;15-16,21H,9-14H2,1-8H3;14-15,20H,7-13H2,1-6H3;15,20H,8-14H2,1-7H3;14,19H,10-13H2,1-9H3;13,18H,10-12H2,1-9H3. The first-order chi connectivity index (χ1) is 57.0. The van der Waals surface area contributed by atoms with Gasteiger partial charge in [0.05, 0.1) is 36.3 Å². The lowest BCUT2D eigenvalue weighted by Crippen LogP contribution is -2.53. The molecule has 0 spiro atoms. The van der Waals surface area contributed by atoms with Crippen LogP contribution in [0.15, 0.2) is 0 Å². The molecule has 0 aromatic heterocycles. The van der Waals surface area contributed by atoms with Crippen molar-refractivity contribution in [2.24, 2.45) is 89.2 Å². The fourth-order valence-corrected chi connectivity index (χ4v) is 21.1. The molecule has 6 fully saturated rings. The van der Waals surface area contributed by atoms with Crippen LogP contribution in [0.4, 0.5) is 0 Å². The van der Waals surface area contributed by atoms with E-state index in [0.29, 0.717) is 56.4 Å². The van der Waals surface area contributed by atoms with E-state index in [-0.39, 0.29) is 107 Å². The maximum atomic E-state index is 12.9. The molecular formula is C115H224N6O6. The molecule has 12 nitrogen and oxygen atoms in total. The van der Waals surface area contributed by atoms with E-state index in [4.69, 9.17) is 0 Å². The summed E-state index contributed by atoms with van der Waals surface area (Å²) in [6.07, 6.45) is 45.9. The van der Waals surface area contributed by atoms with Gasteiger partial charge in [0, 0.05) is 65.7 Å². The van der Waals surface area contributed by atoms with Crippen molar-refractivity contribution in [3.63, 3.8) is 0 Å². The number of hydrogen-bond donors (Lipinski definition) is 6. The molecule has 12 heteroatoms. The van der Waals surface area contributed by atoms with Crippen LogP contribution >= 0.6 is 0 Å². The van der Waals surface area contributed by atoms with Crippen LogP contribution in [0.3, 0.4) is 0 Å². The van der Waals surface area contributed by atoms with E-state index in [1.807, 2.05) is 104 Å². The minimum absolute atomic E-state index is 0.00285. The number of carbonyl (C=O) groups is 6. The van der Waals surface area contributed by atoms with Gasteiger partial charge in [-0.1, -0.05) is 277 Å². The molecule has 6 saturated carbocycles. The number of rotatable bonds is 33. The topological polar surface area (TPSA) is 175 Å². The van der Waals surface area contributed by atoms with Crippen LogP contribution in [0, 0.1) is 89.2 Å². The summed E-state index contributed by atoms with van der Waals surface area (Å²) in [6, 6.07) is -0.105. The Kier molecular flexibility index (Phi) is 48.5. The van der Waals surface area contributed by atoms with Crippen molar-refractivity contribution in [2.45, 2.75) is 612 Å². The molecule has 0 aromatic carbocycles. The minimum Gasteiger partial charge on any atom is -0.303 e. The molecule has 0 amide bonds. The summed E-state index contributed by atoms with van der Waals surface area (Å²) in [5.74, 6) is 6.75. The zero-order valence-electron chi connectivity index (χ0n) is 93.8. The SMILES string of the molecule is CC(C)(C)NC(CC(C)(C)C1CCCCC1)C(=O)C(C)(C)C.CC(C)(C)NC(CCC12CCC(CC1)C2)C(=O)C(C)(C)C.CC(C)(C)NC(CCC1CCC2CCCCC2C1)C(=O)C(C)(C)C.CC1(CCC(NC(C)(C)C)C(=O)C(C)(C)C)CCCCC1.CCC(C)(C)CCC(NC(C)(C)C)C(=O)C(C)(C)C.CCC(C)(CC)CCC(NC(C)(C)C)C(=O)C(C)(C)C. The van der Waals surface area contributed by atoms with Gasteiger partial charge < -0.3 is 31.9 Å². The largest absolute Gasteiger partial charge is 0.303 e. The van der Waals surface area contributed by atoms with E-state index in [1.165, 1.54) is 173 Å². The highest BCUT2D eigenvalue weighted by Gasteiger charge is 2.47. The molecule has 127 heavy (non-hydrogen) atoms. The van der Waals surface area contributed by atoms with Crippen LogP contribution < -0.4 is 31.9 Å². The second-order valence-electron chi connectivity index (χ2n) is 57.2. The van der Waals surface area contributed by atoms with E-state index in [0.717, 1.165) is 87.4 Å². The number of Topliss-reactive ketones (excluding diaryl/α,β-unsaturated/α-hetero) is 6. The lowest BCUT2D eigenvalue weighted by atomic mass is 9.66. The van der Waals surface area contributed by atoms with Crippen molar-refractivity contribution in [1.29, 1.82) is 0 Å². The normalized spacial score (nSPS) is 22.4. The minimum atomic E-state index is -0.286. The first-order valence-electron chi connectivity index (χ1n) is 52.9. The van der Waals surface area contributed by atoms with Gasteiger partial charge in [-0.2, -0.15) is 0 Å². The molecule has 2 bridgehead atoms. The first-order valence-corrected chi connectivity index (χ1v) is 52.9. The summed E-state index contributed by atoms with van der Waals surface area (Å²) < 4.78 is 0. The summed E-state index contributed by atoms with van der Waals surface area (Å²) in [7, 11) is 0. The molecule has 6 rings (SSSR count). The van der Waals surface area contributed by atoms with Gasteiger partial charge in [0.1, 0.15) is 0 Å². The molecule has 6 aliphatic carbocycles. The molecule has 0 aliphatic heterocycles. The van der Waals surface area contributed by atoms with Gasteiger partial charge in [0.15, 0.2) is 34.7 Å². The van der Waals surface area contributed by atoms with E-state index in [2.05, 4.69) is 240 Å². The third kappa shape index (κ3) is 49.9. The van der Waals surface area contributed by atoms with Crippen molar-refractivity contribution in [3.8, 4) is 0 Å². The number of nitrogens with one attached hydrogen (secondary N) is 6. The van der Waals surface area contributed by atoms with Crippen molar-refractivity contribution in [3.05, 3.63) is 0 Å². The molecular weight excluding hydrogens is 1560 g/mol. The Morgan fingerprint density at radius 1 is 0.307 bits per heavy atom. The quantitative estimate of drug-likeness (QED) is 0.0368. The van der Waals surface area contributed by atoms with E-state index >= 15 is 0 Å². The second-order valence-corrected chi connectivity index (χ2v) is 57.2. The van der Waals surface area contributed by atoms with Crippen molar-refractivity contribution >= 4 is 34.7 Å². The van der Waals surface area contributed by atoms with Crippen LogP contribution in [0.25, 0.3) is 0 Å². The molecule has 750 valence electrons. The van der Waals surface area contributed by atoms with Crippen molar-refractivity contribution in [2.75, 3.05) is 0 Å². The monoisotopic (exact) mass is 1790 g/mol. The highest BCUT2D eigenvalue weighted by Crippen LogP contribution is 2.57. The Hall–Kier alpha value is -2.22. The molecule has 6 N–H and O–H groups in total. The van der Waals surface area contributed by atoms with Gasteiger partial charge >= 0.3 is 0 Å². The van der Waals surface area contributed by atoms with Crippen molar-refractivity contribution < 1.29 is 28.8 Å². The van der Waals surface area contributed by atoms with Crippen molar-refractivity contribution in [1.82, 2.24) is 31.9 Å². The van der Waals surface area contributed by atoms with Gasteiger partial charge in [-0.25, -0.2) is 0 Å². The zero-order chi connectivity index (χ0) is 99.0. The number of hydrogen-bond acceptors (Lipinski definition) is 12. The van der Waals surface area contributed by atoms with E-state index in [1.54, 1.807) is 0 Å². The molecule has 0 radical (unpaired) electrons. The average Bonchev–Trinajstić information content (AvgIpc) is 1.64. The fourth-order valence-electron chi connectivity index (χ4n) is 21.1. The maximum absolute atomic E-state index is 12.9. The summed E-state index contributed by atoms with van der Waals surface area (Å²) in [5, 5.41) is 21.4. The summed E-state index contributed by atoms with van der Waals surface area (Å²) in [5.41, 5.74) is 0.196. The summed E-state index contributed by atoms with van der Waals surface area (Å²) in [4.78, 5) is 76.6. The second kappa shape index (κ2) is 50.2. The Morgan fingerprint density at radius 2 is 0.614 bits per heavy atom. The molecule has 9 atom stereocenters. The van der Waals surface area contributed by atoms with Crippen LogP contribution in [0.1, 0.15) is 543 Å². The predicted octanol–water partition coefficient (Wildman–Crippen LogP) is 30.5. The van der Waals surface area contributed by atoms with Crippen LogP contribution in [-0.2, 0) is 28.8 Å². The Labute approximate surface area is 792 Å². The Balaban J connectivity index is 0.000000763. The summed E-state index contributed by atoms with van der Waals surface area (Å²) >= 11 is 0. The van der Waals surface area contributed by atoms with E-state index < -0.39 is 0 Å². The van der Waals surface area contributed by atoms with Crippen LogP contribution in [0.5, 0.6) is 0 Å². The predicted molar refractivity (Wildman–Crippen MR) is 554 cm³/mol. The van der Waals surface area contributed by atoms with Gasteiger partial charge in [-0.3, -0.25) is 28.8 Å². The lowest BCUT2D eigenvalue weighted by Gasteiger charge is -2.42. The van der Waals surface area contributed by atoms with Crippen LogP contribution in [0.2, 0.25) is 0 Å². The van der Waals surface area contributed by atoms with Gasteiger partial charge in [-0.05, 0) is 323 Å². The molecule has 0 saturated heterocycles. The Morgan fingerprint density at radius 3 is 0.945 bits per heavy atom. The maximum Gasteiger partial charge on any atom is 0.155 e. The van der Waals surface area contributed by atoms with Gasteiger partial charge in [0.2, 0.25) is 0 Å². The zero-order valence-corrected chi connectivity index (χ0v) is 93.8. The molecule has 6 aliphatic rings. The van der Waals surface area contributed by atoms with Gasteiger partial charge in [-0.15, -0.1) is 0 Å². The Bertz CT molecular complexity index is 3190. The third-order valence-corrected chi connectivity index (χ3v) is 29.7. The van der Waals surface area contributed by atoms with Gasteiger partial charge in [0.25, 0.3) is 0 Å². The number of fused-ring (bicyclic) bond motifs is 3. The first kappa shape index (κ1) is 123. The lowest BCUT2D eigenvalue weighted by molar-refractivity contribution is -0.130. The molecule has 0 heterocycles. The fraction of sp³-hybridized carbons (Fsp3) is 0.948. The highest BCUT2D eigenvalue weighted by molar-refractivity contribution is 5.91. The third-order valence-electron chi connectivity index (χ3n) is 29.7. The molecule has 9 unspecified atom stereocenters. The summed E-state index contributed by atoms with van der Waals surface area (Å²) in [6.45, 7) is 96.1. The average molecular weight is 1790 g/mol. The van der Waals surface area contributed by atoms with Crippen LogP contribution in [-0.4, -0.2) is 104 Å².